The molecule has 7 nitrogen and oxygen atoms in total. The number of hydrogen-bond acceptors (Lipinski definition) is 4. The van der Waals surface area contributed by atoms with Crippen LogP contribution >= 0.6 is 0 Å². The Morgan fingerprint density at radius 1 is 1.35 bits per heavy atom. The molecule has 26 heavy (non-hydrogen) atoms. The van der Waals surface area contributed by atoms with Crippen LogP contribution in [0.4, 0.5) is 0 Å². The van der Waals surface area contributed by atoms with Crippen molar-refractivity contribution in [1.29, 1.82) is 0 Å². The van der Waals surface area contributed by atoms with Gasteiger partial charge in [-0.25, -0.2) is 0 Å². The molecule has 0 unspecified atom stereocenters. The summed E-state index contributed by atoms with van der Waals surface area (Å²) in [5.41, 5.74) is 2.87. The first-order chi connectivity index (χ1) is 12.4. The van der Waals surface area contributed by atoms with Gasteiger partial charge in [0.05, 0.1) is 18.2 Å². The second-order valence-corrected chi connectivity index (χ2v) is 6.90. The fraction of sp³-hybridized carbons (Fsp3) is 0.474. The van der Waals surface area contributed by atoms with Crippen LogP contribution in [0.3, 0.4) is 0 Å². The fourth-order valence-corrected chi connectivity index (χ4v) is 3.54. The lowest BCUT2D eigenvalue weighted by molar-refractivity contribution is -0.135. The Hall–Kier alpha value is -2.70. The highest BCUT2D eigenvalue weighted by molar-refractivity contribution is 5.90. The lowest BCUT2D eigenvalue weighted by Crippen LogP contribution is -2.37. The summed E-state index contributed by atoms with van der Waals surface area (Å²) in [5.74, 6) is -0.397. The fourth-order valence-electron chi connectivity index (χ4n) is 3.54. The molecule has 1 saturated heterocycles. The third-order valence-electron chi connectivity index (χ3n) is 5.30. The minimum atomic E-state index is -0.385. The van der Waals surface area contributed by atoms with E-state index >= 15 is 0 Å². The van der Waals surface area contributed by atoms with E-state index in [1.54, 1.807) is 41.0 Å². The van der Waals surface area contributed by atoms with E-state index in [0.29, 0.717) is 13.0 Å². The number of rotatable bonds is 5. The minimum absolute atomic E-state index is 0.00488. The van der Waals surface area contributed by atoms with Crippen LogP contribution in [-0.2, 0) is 23.1 Å². The van der Waals surface area contributed by atoms with Crippen LogP contribution < -0.4 is 0 Å². The number of carbonyl (C=O) groups is 2. The zero-order valence-electron chi connectivity index (χ0n) is 15.7. The minimum Gasteiger partial charge on any atom is -0.345 e. The quantitative estimate of drug-likeness (QED) is 0.812. The lowest BCUT2D eigenvalue weighted by Gasteiger charge is -2.27. The van der Waals surface area contributed by atoms with Crippen LogP contribution in [0.1, 0.15) is 29.4 Å². The maximum Gasteiger partial charge on any atom is 0.228 e. The third-order valence-corrected chi connectivity index (χ3v) is 5.30. The number of aromatic nitrogens is 3. The SMILES string of the molecule is Cc1c([C@@H]2[C@@H](C(=O)N(C)CCc3ccccn3)CC(=O)N2C)cnn1C. The molecule has 1 fully saturated rings. The van der Waals surface area contributed by atoms with Crippen molar-refractivity contribution < 1.29 is 9.59 Å². The number of likely N-dealkylation sites (N-methyl/N-ethyl adjacent to an activating group) is 1. The average molecular weight is 355 g/mol. The van der Waals surface area contributed by atoms with Crippen LogP contribution in [0.25, 0.3) is 0 Å². The summed E-state index contributed by atoms with van der Waals surface area (Å²) in [5, 5.41) is 4.28. The van der Waals surface area contributed by atoms with Gasteiger partial charge in [0.15, 0.2) is 0 Å². The Balaban J connectivity index is 1.76. The molecular weight excluding hydrogens is 330 g/mol. The zero-order chi connectivity index (χ0) is 18.8. The number of aryl methyl sites for hydroxylation is 1. The summed E-state index contributed by atoms with van der Waals surface area (Å²) < 4.78 is 1.78. The number of carbonyl (C=O) groups excluding carboxylic acids is 2. The molecule has 0 N–H and O–H groups in total. The average Bonchev–Trinajstić information content (AvgIpc) is 3.12. The lowest BCUT2D eigenvalue weighted by atomic mass is 9.92. The summed E-state index contributed by atoms with van der Waals surface area (Å²) in [6, 6.07) is 5.50. The van der Waals surface area contributed by atoms with Crippen LogP contribution in [0, 0.1) is 12.8 Å². The highest BCUT2D eigenvalue weighted by atomic mass is 16.2. The van der Waals surface area contributed by atoms with E-state index in [9.17, 15) is 9.59 Å². The first-order valence-electron chi connectivity index (χ1n) is 8.79. The Kier molecular flexibility index (Phi) is 5.06. The van der Waals surface area contributed by atoms with Crippen molar-refractivity contribution in [3.8, 4) is 0 Å². The molecule has 0 aromatic carbocycles. The van der Waals surface area contributed by atoms with Crippen molar-refractivity contribution in [1.82, 2.24) is 24.6 Å². The number of likely N-dealkylation sites (tertiary alicyclic amines) is 1. The molecule has 0 radical (unpaired) electrons. The maximum absolute atomic E-state index is 13.1. The van der Waals surface area contributed by atoms with Crippen LogP contribution in [0.15, 0.2) is 30.6 Å². The highest BCUT2D eigenvalue weighted by Crippen LogP contribution is 2.39. The van der Waals surface area contributed by atoms with Gasteiger partial charge in [0.25, 0.3) is 0 Å². The van der Waals surface area contributed by atoms with Crippen LogP contribution in [0.5, 0.6) is 0 Å². The van der Waals surface area contributed by atoms with Gasteiger partial charge in [-0.05, 0) is 19.1 Å². The molecule has 2 aromatic rings. The first kappa shape index (κ1) is 18.1. The Bertz CT molecular complexity index is 802. The molecule has 2 atom stereocenters. The third kappa shape index (κ3) is 3.34. The van der Waals surface area contributed by atoms with Gasteiger partial charge >= 0.3 is 0 Å². The summed E-state index contributed by atoms with van der Waals surface area (Å²) in [6.07, 6.45) is 4.45. The number of nitrogens with zero attached hydrogens (tertiary/aromatic N) is 5. The summed E-state index contributed by atoms with van der Waals surface area (Å²) in [4.78, 5) is 33.1. The molecule has 0 saturated carbocycles. The second kappa shape index (κ2) is 7.27. The van der Waals surface area contributed by atoms with E-state index in [2.05, 4.69) is 10.1 Å². The van der Waals surface area contributed by atoms with Crippen molar-refractivity contribution in [2.24, 2.45) is 13.0 Å². The normalized spacial score (nSPS) is 19.8. The molecule has 0 bridgehead atoms. The van der Waals surface area contributed by atoms with E-state index in [1.165, 1.54) is 0 Å². The molecule has 2 aromatic heterocycles. The smallest absolute Gasteiger partial charge is 0.228 e. The van der Waals surface area contributed by atoms with Gasteiger partial charge in [-0.1, -0.05) is 6.07 Å². The molecule has 0 spiro atoms. The van der Waals surface area contributed by atoms with Crippen LogP contribution in [-0.4, -0.2) is 57.0 Å². The number of pyridine rings is 1. The molecular formula is C19H25N5O2. The van der Waals surface area contributed by atoms with Crippen molar-refractivity contribution in [2.75, 3.05) is 20.6 Å². The summed E-state index contributed by atoms with van der Waals surface area (Å²) in [7, 11) is 5.42. The summed E-state index contributed by atoms with van der Waals surface area (Å²) in [6.45, 7) is 2.54. The van der Waals surface area contributed by atoms with E-state index in [0.717, 1.165) is 17.0 Å². The topological polar surface area (TPSA) is 71.3 Å². The second-order valence-electron chi connectivity index (χ2n) is 6.90. The Morgan fingerprint density at radius 3 is 2.73 bits per heavy atom. The van der Waals surface area contributed by atoms with Crippen molar-refractivity contribution in [2.45, 2.75) is 25.8 Å². The molecule has 3 rings (SSSR count). The monoisotopic (exact) mass is 355 g/mol. The molecule has 2 amide bonds. The Labute approximate surface area is 153 Å². The van der Waals surface area contributed by atoms with E-state index in [1.807, 2.05) is 32.2 Å². The molecule has 0 aliphatic carbocycles. The predicted octanol–water partition coefficient (Wildman–Crippen LogP) is 1.34. The standard InChI is InChI=1S/C19H25N5O2/c1-13-16(12-21-24(13)4)18-15(11-17(25)23(18)3)19(26)22(2)10-8-14-7-5-6-9-20-14/h5-7,9,12,15,18H,8,10-11H2,1-4H3/t15-,18-/m0/s1. The molecule has 3 heterocycles. The van der Waals surface area contributed by atoms with Gasteiger partial charge in [-0.2, -0.15) is 5.10 Å². The van der Waals surface area contributed by atoms with Gasteiger partial charge in [0.2, 0.25) is 11.8 Å². The number of amides is 2. The van der Waals surface area contributed by atoms with Gasteiger partial charge in [0, 0.05) is 63.7 Å². The van der Waals surface area contributed by atoms with Gasteiger partial charge < -0.3 is 9.80 Å². The van der Waals surface area contributed by atoms with Crippen LogP contribution in [0.2, 0.25) is 0 Å². The highest BCUT2D eigenvalue weighted by Gasteiger charge is 2.44. The zero-order valence-corrected chi connectivity index (χ0v) is 15.7. The first-order valence-corrected chi connectivity index (χ1v) is 8.79. The maximum atomic E-state index is 13.1. The van der Waals surface area contributed by atoms with Gasteiger partial charge in [0.1, 0.15) is 0 Å². The largest absolute Gasteiger partial charge is 0.345 e. The molecule has 1 aliphatic heterocycles. The van der Waals surface area contributed by atoms with Gasteiger partial charge in [-0.3, -0.25) is 19.3 Å². The predicted molar refractivity (Wildman–Crippen MR) is 97.1 cm³/mol. The van der Waals surface area contributed by atoms with Gasteiger partial charge in [-0.15, -0.1) is 0 Å². The van der Waals surface area contributed by atoms with E-state index < -0.39 is 0 Å². The van der Waals surface area contributed by atoms with Crippen molar-refractivity contribution >= 4 is 11.8 Å². The van der Waals surface area contributed by atoms with E-state index in [4.69, 9.17) is 0 Å². The van der Waals surface area contributed by atoms with E-state index in [-0.39, 0.29) is 30.2 Å². The molecule has 1 aliphatic rings. The van der Waals surface area contributed by atoms with Crippen molar-refractivity contribution in [3.63, 3.8) is 0 Å². The molecule has 7 heteroatoms. The number of hydrogen-bond donors (Lipinski definition) is 0. The molecule has 138 valence electrons. The summed E-state index contributed by atoms with van der Waals surface area (Å²) >= 11 is 0. The Morgan fingerprint density at radius 2 is 2.12 bits per heavy atom. The van der Waals surface area contributed by atoms with Crippen molar-refractivity contribution in [3.05, 3.63) is 47.5 Å².